The SMILES string of the molecule is CC(C)(C)NC(=O)CCNc1cnc2ccccc2n1. The molecular formula is C15H20N4O. The summed E-state index contributed by atoms with van der Waals surface area (Å²) in [4.78, 5) is 20.4. The molecule has 1 aromatic heterocycles. The fourth-order valence-electron chi connectivity index (χ4n) is 1.83. The zero-order valence-electron chi connectivity index (χ0n) is 12.1. The summed E-state index contributed by atoms with van der Waals surface area (Å²) in [6, 6.07) is 7.70. The summed E-state index contributed by atoms with van der Waals surface area (Å²) in [5, 5.41) is 6.04. The number of rotatable bonds is 4. The standard InChI is InChI=1S/C15H20N4O/c1-15(2,3)19-14(20)8-9-16-13-10-17-11-6-4-5-7-12(11)18-13/h4-7,10H,8-9H2,1-3H3,(H,16,18)(H,19,20). The van der Waals surface area contributed by atoms with E-state index in [-0.39, 0.29) is 11.4 Å². The van der Waals surface area contributed by atoms with Gasteiger partial charge in [-0.25, -0.2) is 4.98 Å². The average molecular weight is 272 g/mol. The molecule has 0 aliphatic heterocycles. The second-order valence-corrected chi connectivity index (χ2v) is 5.72. The molecule has 1 aromatic carbocycles. The number of hydrogen-bond donors (Lipinski definition) is 2. The fourth-order valence-corrected chi connectivity index (χ4v) is 1.83. The molecule has 0 saturated heterocycles. The predicted molar refractivity (Wildman–Crippen MR) is 80.5 cm³/mol. The van der Waals surface area contributed by atoms with Crippen molar-refractivity contribution in [1.29, 1.82) is 0 Å². The molecule has 0 unspecified atom stereocenters. The predicted octanol–water partition coefficient (Wildman–Crippen LogP) is 2.35. The molecule has 2 rings (SSSR count). The van der Waals surface area contributed by atoms with E-state index in [2.05, 4.69) is 20.6 Å². The number of carbonyl (C=O) groups is 1. The van der Waals surface area contributed by atoms with E-state index >= 15 is 0 Å². The summed E-state index contributed by atoms with van der Waals surface area (Å²) in [5.74, 6) is 0.714. The molecule has 1 heterocycles. The van der Waals surface area contributed by atoms with Crippen LogP contribution in [0.4, 0.5) is 5.82 Å². The first-order chi connectivity index (χ1) is 9.44. The van der Waals surface area contributed by atoms with Gasteiger partial charge in [-0.2, -0.15) is 0 Å². The highest BCUT2D eigenvalue weighted by Gasteiger charge is 2.13. The van der Waals surface area contributed by atoms with Crippen LogP contribution in [0.25, 0.3) is 11.0 Å². The van der Waals surface area contributed by atoms with Gasteiger partial charge in [0.25, 0.3) is 0 Å². The normalized spacial score (nSPS) is 11.3. The molecule has 0 spiro atoms. The number of fused-ring (bicyclic) bond motifs is 1. The molecule has 20 heavy (non-hydrogen) atoms. The highest BCUT2D eigenvalue weighted by atomic mass is 16.1. The number of anilines is 1. The van der Waals surface area contributed by atoms with Crippen LogP contribution in [-0.4, -0.2) is 28.0 Å². The number of hydrogen-bond acceptors (Lipinski definition) is 4. The average Bonchev–Trinajstić information content (AvgIpc) is 2.36. The van der Waals surface area contributed by atoms with Gasteiger partial charge < -0.3 is 10.6 Å². The minimum Gasteiger partial charge on any atom is -0.368 e. The smallest absolute Gasteiger partial charge is 0.222 e. The third-order valence-corrected chi connectivity index (χ3v) is 2.62. The second kappa shape index (κ2) is 5.86. The molecule has 2 aromatic rings. The highest BCUT2D eigenvalue weighted by molar-refractivity contribution is 5.77. The monoisotopic (exact) mass is 272 g/mol. The third kappa shape index (κ3) is 4.19. The maximum atomic E-state index is 11.7. The van der Waals surface area contributed by atoms with E-state index < -0.39 is 0 Å². The molecule has 2 N–H and O–H groups in total. The van der Waals surface area contributed by atoms with E-state index in [0.29, 0.717) is 18.8 Å². The van der Waals surface area contributed by atoms with E-state index in [0.717, 1.165) is 11.0 Å². The van der Waals surface area contributed by atoms with Crippen LogP contribution in [0.15, 0.2) is 30.5 Å². The van der Waals surface area contributed by atoms with Crippen molar-refractivity contribution in [3.05, 3.63) is 30.5 Å². The molecule has 1 amide bonds. The van der Waals surface area contributed by atoms with Gasteiger partial charge in [0.2, 0.25) is 5.91 Å². The Morgan fingerprint density at radius 2 is 1.90 bits per heavy atom. The van der Waals surface area contributed by atoms with Gasteiger partial charge in [-0.3, -0.25) is 9.78 Å². The lowest BCUT2D eigenvalue weighted by molar-refractivity contribution is -0.122. The van der Waals surface area contributed by atoms with Crippen molar-refractivity contribution in [2.24, 2.45) is 0 Å². The minimum absolute atomic E-state index is 0.0266. The summed E-state index contributed by atoms with van der Waals surface area (Å²) in [6.45, 7) is 6.43. The lowest BCUT2D eigenvalue weighted by atomic mass is 10.1. The Hall–Kier alpha value is -2.17. The topological polar surface area (TPSA) is 66.9 Å². The third-order valence-electron chi connectivity index (χ3n) is 2.62. The van der Waals surface area contributed by atoms with E-state index in [9.17, 15) is 4.79 Å². The first kappa shape index (κ1) is 14.2. The van der Waals surface area contributed by atoms with Crippen LogP contribution >= 0.6 is 0 Å². The van der Waals surface area contributed by atoms with Crippen LogP contribution in [0.2, 0.25) is 0 Å². The first-order valence-corrected chi connectivity index (χ1v) is 6.71. The van der Waals surface area contributed by atoms with Crippen molar-refractivity contribution >= 4 is 22.8 Å². The van der Waals surface area contributed by atoms with E-state index in [1.54, 1.807) is 6.20 Å². The van der Waals surface area contributed by atoms with Crippen molar-refractivity contribution in [2.75, 3.05) is 11.9 Å². The Bertz CT molecular complexity index is 604. The number of para-hydroxylation sites is 2. The number of amides is 1. The van der Waals surface area contributed by atoms with E-state index in [1.165, 1.54) is 0 Å². The molecular weight excluding hydrogens is 252 g/mol. The summed E-state index contributed by atoms with van der Waals surface area (Å²) in [6.07, 6.45) is 2.09. The number of aromatic nitrogens is 2. The van der Waals surface area contributed by atoms with Crippen LogP contribution in [-0.2, 0) is 4.79 Å². The Kier molecular flexibility index (Phi) is 4.17. The summed E-state index contributed by atoms with van der Waals surface area (Å²) < 4.78 is 0. The maximum Gasteiger partial charge on any atom is 0.222 e. The molecule has 0 aliphatic carbocycles. The zero-order valence-corrected chi connectivity index (χ0v) is 12.1. The Labute approximate surface area is 118 Å². The fraction of sp³-hybridized carbons (Fsp3) is 0.400. The van der Waals surface area contributed by atoms with Crippen LogP contribution < -0.4 is 10.6 Å². The Morgan fingerprint density at radius 1 is 1.20 bits per heavy atom. The van der Waals surface area contributed by atoms with Gasteiger partial charge >= 0.3 is 0 Å². The maximum absolute atomic E-state index is 11.7. The van der Waals surface area contributed by atoms with Crippen molar-refractivity contribution in [3.63, 3.8) is 0 Å². The van der Waals surface area contributed by atoms with Gasteiger partial charge in [0, 0.05) is 18.5 Å². The number of nitrogens with zero attached hydrogens (tertiary/aromatic N) is 2. The largest absolute Gasteiger partial charge is 0.368 e. The lowest BCUT2D eigenvalue weighted by Gasteiger charge is -2.20. The second-order valence-electron chi connectivity index (χ2n) is 5.72. The molecule has 106 valence electrons. The number of benzene rings is 1. The molecule has 0 fully saturated rings. The summed E-state index contributed by atoms with van der Waals surface area (Å²) >= 11 is 0. The zero-order chi connectivity index (χ0) is 14.6. The van der Waals surface area contributed by atoms with Crippen LogP contribution in [0.1, 0.15) is 27.2 Å². The van der Waals surface area contributed by atoms with Crippen LogP contribution in [0.5, 0.6) is 0 Å². The molecule has 0 atom stereocenters. The molecule has 0 saturated carbocycles. The van der Waals surface area contributed by atoms with E-state index in [4.69, 9.17) is 0 Å². The molecule has 0 bridgehead atoms. The quantitative estimate of drug-likeness (QED) is 0.896. The van der Waals surface area contributed by atoms with Crippen molar-refractivity contribution in [1.82, 2.24) is 15.3 Å². The van der Waals surface area contributed by atoms with Gasteiger partial charge in [-0.15, -0.1) is 0 Å². The van der Waals surface area contributed by atoms with Gasteiger partial charge in [-0.1, -0.05) is 12.1 Å². The van der Waals surface area contributed by atoms with E-state index in [1.807, 2.05) is 45.0 Å². The van der Waals surface area contributed by atoms with Gasteiger partial charge in [0.05, 0.1) is 17.2 Å². The van der Waals surface area contributed by atoms with Gasteiger partial charge in [0.15, 0.2) is 0 Å². The van der Waals surface area contributed by atoms with Crippen LogP contribution in [0.3, 0.4) is 0 Å². The summed E-state index contributed by atoms with van der Waals surface area (Å²) in [5.41, 5.74) is 1.51. The Balaban J connectivity index is 1.88. The highest BCUT2D eigenvalue weighted by Crippen LogP contribution is 2.11. The number of nitrogens with one attached hydrogen (secondary N) is 2. The lowest BCUT2D eigenvalue weighted by Crippen LogP contribution is -2.41. The number of carbonyl (C=O) groups excluding carboxylic acids is 1. The molecule has 5 nitrogen and oxygen atoms in total. The molecule has 0 radical (unpaired) electrons. The minimum atomic E-state index is -0.195. The van der Waals surface area contributed by atoms with Crippen molar-refractivity contribution in [2.45, 2.75) is 32.7 Å². The van der Waals surface area contributed by atoms with Crippen molar-refractivity contribution < 1.29 is 4.79 Å². The molecule has 5 heteroatoms. The van der Waals surface area contributed by atoms with Crippen molar-refractivity contribution in [3.8, 4) is 0 Å². The first-order valence-electron chi connectivity index (χ1n) is 6.71. The van der Waals surface area contributed by atoms with Gasteiger partial charge in [0.1, 0.15) is 5.82 Å². The molecule has 0 aliphatic rings. The van der Waals surface area contributed by atoms with Gasteiger partial charge in [-0.05, 0) is 32.9 Å². The summed E-state index contributed by atoms with van der Waals surface area (Å²) in [7, 11) is 0. The van der Waals surface area contributed by atoms with Crippen LogP contribution in [0, 0.1) is 0 Å². The Morgan fingerprint density at radius 3 is 2.60 bits per heavy atom.